The van der Waals surface area contributed by atoms with Gasteiger partial charge in [0.25, 0.3) is 0 Å². The largest absolute Gasteiger partial charge is 0.493 e. The van der Waals surface area contributed by atoms with Crippen molar-refractivity contribution in [3.8, 4) is 11.5 Å². The Balaban J connectivity index is 1.43. The van der Waals surface area contributed by atoms with Crippen LogP contribution in [0.4, 0.5) is 5.69 Å². The Hall–Kier alpha value is -2.53. The fourth-order valence-electron chi connectivity index (χ4n) is 3.13. The molecule has 1 fully saturated rings. The molecule has 0 saturated carbocycles. The van der Waals surface area contributed by atoms with Gasteiger partial charge in [0.15, 0.2) is 0 Å². The summed E-state index contributed by atoms with van der Waals surface area (Å²) < 4.78 is 17.0. The molecule has 0 radical (unpaired) electrons. The van der Waals surface area contributed by atoms with Gasteiger partial charge in [0.05, 0.1) is 19.1 Å². The summed E-state index contributed by atoms with van der Waals surface area (Å²) in [5, 5.41) is 2.89. The molecule has 0 spiro atoms. The van der Waals surface area contributed by atoms with Crippen LogP contribution in [-0.4, -0.2) is 31.8 Å². The molecule has 5 nitrogen and oxygen atoms in total. The molecule has 1 amide bonds. The predicted octanol–water partition coefficient (Wildman–Crippen LogP) is 4.27. The zero-order valence-corrected chi connectivity index (χ0v) is 16.0. The minimum atomic E-state index is -0.0874. The number of amides is 1. The first-order valence-electron chi connectivity index (χ1n) is 9.44. The van der Waals surface area contributed by atoms with Crippen LogP contribution in [0, 0.1) is 13.8 Å². The molecule has 5 heteroatoms. The zero-order valence-electron chi connectivity index (χ0n) is 16.0. The molecule has 2 aromatic rings. The lowest BCUT2D eigenvalue weighted by Crippen LogP contribution is -2.17. The maximum absolute atomic E-state index is 12.2. The van der Waals surface area contributed by atoms with Gasteiger partial charge in [0, 0.05) is 18.4 Å². The quantitative estimate of drug-likeness (QED) is 0.755. The van der Waals surface area contributed by atoms with E-state index >= 15 is 0 Å². The van der Waals surface area contributed by atoms with Crippen LogP contribution in [0.3, 0.4) is 0 Å². The third-order valence-electron chi connectivity index (χ3n) is 4.37. The van der Waals surface area contributed by atoms with E-state index in [0.29, 0.717) is 13.2 Å². The number of rotatable bonds is 8. The van der Waals surface area contributed by atoms with Gasteiger partial charge in [-0.25, -0.2) is 0 Å². The average Bonchev–Trinajstić information content (AvgIpc) is 3.13. The first-order chi connectivity index (χ1) is 13.1. The number of hydrogen-bond donors (Lipinski definition) is 1. The Labute approximate surface area is 160 Å². The monoisotopic (exact) mass is 369 g/mol. The molecule has 1 aliphatic heterocycles. The third kappa shape index (κ3) is 6.29. The van der Waals surface area contributed by atoms with E-state index in [-0.39, 0.29) is 18.4 Å². The Kier molecular flexibility index (Phi) is 6.71. The fraction of sp³-hybridized carbons (Fsp3) is 0.409. The summed E-state index contributed by atoms with van der Waals surface area (Å²) in [5.74, 6) is 1.44. The molecule has 0 aliphatic carbocycles. The molecule has 1 atom stereocenters. The predicted molar refractivity (Wildman–Crippen MR) is 106 cm³/mol. The summed E-state index contributed by atoms with van der Waals surface area (Å²) in [7, 11) is 0. The smallest absolute Gasteiger partial charge is 0.227 e. The molecule has 3 rings (SSSR count). The van der Waals surface area contributed by atoms with Gasteiger partial charge in [-0.05, 0) is 62.1 Å². The van der Waals surface area contributed by atoms with E-state index in [0.717, 1.165) is 47.8 Å². The molecule has 0 aromatic heterocycles. The van der Waals surface area contributed by atoms with Crippen molar-refractivity contribution in [2.75, 3.05) is 25.1 Å². The van der Waals surface area contributed by atoms with Gasteiger partial charge in [-0.15, -0.1) is 0 Å². The van der Waals surface area contributed by atoms with Crippen molar-refractivity contribution in [1.29, 1.82) is 0 Å². The minimum Gasteiger partial charge on any atom is -0.493 e. The van der Waals surface area contributed by atoms with Crippen LogP contribution >= 0.6 is 0 Å². The van der Waals surface area contributed by atoms with Gasteiger partial charge >= 0.3 is 0 Å². The maximum Gasteiger partial charge on any atom is 0.227 e. The van der Waals surface area contributed by atoms with E-state index in [1.165, 1.54) is 0 Å². The van der Waals surface area contributed by atoms with Crippen molar-refractivity contribution in [1.82, 2.24) is 0 Å². The van der Waals surface area contributed by atoms with Crippen molar-refractivity contribution in [3.05, 3.63) is 53.6 Å². The van der Waals surface area contributed by atoms with E-state index in [9.17, 15) is 4.79 Å². The van der Waals surface area contributed by atoms with E-state index in [1.54, 1.807) is 0 Å². The summed E-state index contributed by atoms with van der Waals surface area (Å²) in [6.45, 7) is 5.75. The topological polar surface area (TPSA) is 56.8 Å². The van der Waals surface area contributed by atoms with Crippen LogP contribution < -0.4 is 14.8 Å². The summed E-state index contributed by atoms with van der Waals surface area (Å²) in [5.41, 5.74) is 3.01. The first-order valence-corrected chi connectivity index (χ1v) is 9.44. The van der Waals surface area contributed by atoms with Crippen LogP contribution in [0.1, 0.15) is 30.4 Å². The molecule has 1 N–H and O–H groups in total. The number of carbonyl (C=O) groups is 1. The standard InChI is InChI=1S/C22H27NO4/c1-16-11-17(2)13-21(12-16)26-10-8-22(24)23-18-5-3-6-19(14-18)27-15-20-7-4-9-25-20/h3,5-6,11-14,20H,4,7-10,15H2,1-2H3,(H,23,24)/t20-/m0/s1. The summed E-state index contributed by atoms with van der Waals surface area (Å²) in [4.78, 5) is 12.2. The fourth-order valence-corrected chi connectivity index (χ4v) is 3.13. The minimum absolute atomic E-state index is 0.0874. The van der Waals surface area contributed by atoms with Gasteiger partial charge in [-0.2, -0.15) is 0 Å². The normalized spacial score (nSPS) is 16.1. The summed E-state index contributed by atoms with van der Waals surface area (Å²) in [6, 6.07) is 13.5. The Bertz CT molecular complexity index is 748. The molecule has 144 valence electrons. The van der Waals surface area contributed by atoms with Crippen molar-refractivity contribution in [2.45, 2.75) is 39.2 Å². The highest BCUT2D eigenvalue weighted by molar-refractivity contribution is 5.90. The molecule has 0 bridgehead atoms. The lowest BCUT2D eigenvalue weighted by molar-refractivity contribution is -0.116. The van der Waals surface area contributed by atoms with Gasteiger partial charge < -0.3 is 19.5 Å². The lowest BCUT2D eigenvalue weighted by atomic mass is 10.1. The summed E-state index contributed by atoms with van der Waals surface area (Å²) in [6.07, 6.45) is 2.59. The Morgan fingerprint density at radius 3 is 2.67 bits per heavy atom. The third-order valence-corrected chi connectivity index (χ3v) is 4.37. The van der Waals surface area contributed by atoms with Crippen molar-refractivity contribution >= 4 is 11.6 Å². The lowest BCUT2D eigenvalue weighted by Gasteiger charge is -2.13. The number of hydrogen-bond acceptors (Lipinski definition) is 4. The van der Waals surface area contributed by atoms with Crippen molar-refractivity contribution < 1.29 is 19.0 Å². The molecule has 1 aliphatic rings. The average molecular weight is 369 g/mol. The highest BCUT2D eigenvalue weighted by Crippen LogP contribution is 2.20. The van der Waals surface area contributed by atoms with Gasteiger partial charge in [0.1, 0.15) is 18.1 Å². The van der Waals surface area contributed by atoms with E-state index in [4.69, 9.17) is 14.2 Å². The second kappa shape index (κ2) is 9.42. The second-order valence-corrected chi connectivity index (χ2v) is 6.94. The van der Waals surface area contributed by atoms with E-state index in [2.05, 4.69) is 11.4 Å². The zero-order chi connectivity index (χ0) is 19.1. The molecular weight excluding hydrogens is 342 g/mol. The summed E-state index contributed by atoms with van der Waals surface area (Å²) >= 11 is 0. The molecule has 1 saturated heterocycles. The number of nitrogens with one attached hydrogen (secondary N) is 1. The van der Waals surface area contributed by atoms with Crippen molar-refractivity contribution in [2.24, 2.45) is 0 Å². The molecule has 27 heavy (non-hydrogen) atoms. The molecule has 1 heterocycles. The number of ether oxygens (including phenoxy) is 3. The van der Waals surface area contributed by atoms with Crippen LogP contribution in [0.5, 0.6) is 11.5 Å². The van der Waals surface area contributed by atoms with Crippen LogP contribution in [-0.2, 0) is 9.53 Å². The number of anilines is 1. The second-order valence-electron chi connectivity index (χ2n) is 6.94. The van der Waals surface area contributed by atoms with E-state index < -0.39 is 0 Å². The van der Waals surface area contributed by atoms with Crippen LogP contribution in [0.25, 0.3) is 0 Å². The number of benzene rings is 2. The molecular formula is C22H27NO4. The van der Waals surface area contributed by atoms with Crippen LogP contribution in [0.15, 0.2) is 42.5 Å². The Morgan fingerprint density at radius 1 is 1.11 bits per heavy atom. The SMILES string of the molecule is Cc1cc(C)cc(OCCC(=O)Nc2cccc(OC[C@@H]3CCCO3)c2)c1. The van der Waals surface area contributed by atoms with Crippen LogP contribution in [0.2, 0.25) is 0 Å². The van der Waals surface area contributed by atoms with Gasteiger partial charge in [-0.3, -0.25) is 4.79 Å². The molecule has 0 unspecified atom stereocenters. The van der Waals surface area contributed by atoms with Gasteiger partial charge in [-0.1, -0.05) is 12.1 Å². The Morgan fingerprint density at radius 2 is 1.93 bits per heavy atom. The number of carbonyl (C=O) groups excluding carboxylic acids is 1. The van der Waals surface area contributed by atoms with Gasteiger partial charge in [0.2, 0.25) is 5.91 Å². The maximum atomic E-state index is 12.2. The van der Waals surface area contributed by atoms with E-state index in [1.807, 2.05) is 50.2 Å². The molecule has 2 aromatic carbocycles. The van der Waals surface area contributed by atoms with Crippen molar-refractivity contribution in [3.63, 3.8) is 0 Å². The number of aryl methyl sites for hydroxylation is 2. The first kappa shape index (κ1) is 19.2. The highest BCUT2D eigenvalue weighted by Gasteiger charge is 2.16. The highest BCUT2D eigenvalue weighted by atomic mass is 16.5.